The normalized spacial score (nSPS) is 21.4. The highest BCUT2D eigenvalue weighted by molar-refractivity contribution is 6.30. The van der Waals surface area contributed by atoms with Gasteiger partial charge in [0.2, 0.25) is 0 Å². The third-order valence-corrected chi connectivity index (χ3v) is 2.77. The average molecular weight is 241 g/mol. The average Bonchev–Trinajstić information content (AvgIpc) is 2.95. The zero-order valence-corrected chi connectivity index (χ0v) is 8.90. The quantitative estimate of drug-likeness (QED) is 0.580. The van der Waals surface area contributed by atoms with Crippen LogP contribution in [0.4, 0.5) is 0 Å². The Balaban J connectivity index is 2.30. The lowest BCUT2D eigenvalue weighted by Gasteiger charge is -2.03. The van der Waals surface area contributed by atoms with Crippen LogP contribution in [0.15, 0.2) is 24.3 Å². The predicted molar refractivity (Wildman–Crippen MR) is 56.4 cm³/mol. The number of primary amides is 2. The lowest BCUT2D eigenvalue weighted by atomic mass is 9.98. The molecule has 1 aromatic carbocycles. The highest BCUT2D eigenvalue weighted by Gasteiger charge is 2.67. The summed E-state index contributed by atoms with van der Waals surface area (Å²) in [7, 11) is 0. The van der Waals surface area contributed by atoms with Crippen LogP contribution in [-0.2, 0) is 14.3 Å². The summed E-state index contributed by atoms with van der Waals surface area (Å²) in [4.78, 5) is 22.3. The molecule has 0 spiro atoms. The topological polar surface area (TPSA) is 98.7 Å². The van der Waals surface area contributed by atoms with E-state index in [4.69, 9.17) is 27.8 Å². The van der Waals surface area contributed by atoms with Crippen molar-refractivity contribution in [3.8, 4) is 0 Å². The van der Waals surface area contributed by atoms with E-state index in [2.05, 4.69) is 0 Å². The Kier molecular flexibility index (Phi) is 2.36. The number of benzene rings is 1. The summed E-state index contributed by atoms with van der Waals surface area (Å²) < 4.78 is 5.06. The van der Waals surface area contributed by atoms with Crippen molar-refractivity contribution in [1.82, 2.24) is 0 Å². The van der Waals surface area contributed by atoms with Crippen molar-refractivity contribution in [3.63, 3.8) is 0 Å². The Hall–Kier alpha value is -1.59. The molecule has 0 bridgehead atoms. The predicted octanol–water partition coefficient (Wildman–Crippen LogP) is 0.121. The minimum absolute atomic E-state index is 0.549. The van der Waals surface area contributed by atoms with Gasteiger partial charge in [-0.25, -0.2) is 0 Å². The molecule has 1 aliphatic rings. The van der Waals surface area contributed by atoms with Crippen molar-refractivity contribution < 1.29 is 14.3 Å². The molecular weight excluding hydrogens is 232 g/mol. The molecule has 5 nitrogen and oxygen atoms in total. The number of hydrogen-bond acceptors (Lipinski definition) is 3. The lowest BCUT2D eigenvalue weighted by molar-refractivity contribution is -0.133. The van der Waals surface area contributed by atoms with E-state index in [1.807, 2.05) is 0 Å². The molecule has 1 atom stereocenters. The molecule has 6 heteroatoms. The second-order valence-corrected chi connectivity index (χ2v) is 3.95. The van der Waals surface area contributed by atoms with E-state index in [9.17, 15) is 9.59 Å². The monoisotopic (exact) mass is 240 g/mol. The standard InChI is InChI=1S/C10H9ClN2O3/c11-6-3-1-5(2-4-6)7-10(16-7,8(12)14)9(13)15/h1-4,7H,(H2,12,14)(H2,13,15). The Morgan fingerprint density at radius 1 is 1.19 bits per heavy atom. The Morgan fingerprint density at radius 2 is 1.69 bits per heavy atom. The molecular formula is C10H9ClN2O3. The highest BCUT2D eigenvalue weighted by Crippen LogP contribution is 2.49. The summed E-state index contributed by atoms with van der Waals surface area (Å²) in [6, 6.07) is 6.57. The first-order valence-corrected chi connectivity index (χ1v) is 4.89. The number of ether oxygens (including phenoxy) is 1. The summed E-state index contributed by atoms with van der Waals surface area (Å²) >= 11 is 5.71. The van der Waals surface area contributed by atoms with Crippen molar-refractivity contribution >= 4 is 23.4 Å². The Labute approximate surface area is 96.3 Å². The number of amides is 2. The second-order valence-electron chi connectivity index (χ2n) is 3.51. The van der Waals surface area contributed by atoms with Crippen LogP contribution in [0.5, 0.6) is 0 Å². The van der Waals surface area contributed by atoms with Crippen LogP contribution in [0.25, 0.3) is 0 Å². The second kappa shape index (κ2) is 3.47. The van der Waals surface area contributed by atoms with Crippen LogP contribution < -0.4 is 11.5 Å². The van der Waals surface area contributed by atoms with Gasteiger partial charge < -0.3 is 16.2 Å². The molecule has 1 saturated heterocycles. The molecule has 2 rings (SSSR count). The molecule has 84 valence electrons. The van der Waals surface area contributed by atoms with E-state index in [-0.39, 0.29) is 0 Å². The third-order valence-electron chi connectivity index (χ3n) is 2.52. The van der Waals surface area contributed by atoms with Crippen molar-refractivity contribution in [2.75, 3.05) is 0 Å². The molecule has 1 unspecified atom stereocenters. The first-order chi connectivity index (χ1) is 7.48. The molecule has 2 amide bonds. The maximum absolute atomic E-state index is 11.1. The summed E-state index contributed by atoms with van der Waals surface area (Å²) in [5, 5.41) is 0.549. The molecule has 0 radical (unpaired) electrons. The van der Waals surface area contributed by atoms with Crippen molar-refractivity contribution in [2.24, 2.45) is 11.5 Å². The number of halogens is 1. The third kappa shape index (κ3) is 1.45. The first kappa shape index (κ1) is 10.9. The number of carbonyl (C=O) groups is 2. The number of hydrogen-bond donors (Lipinski definition) is 2. The van der Waals surface area contributed by atoms with E-state index >= 15 is 0 Å². The summed E-state index contributed by atoms with van der Waals surface area (Å²) in [6.07, 6.45) is -0.709. The van der Waals surface area contributed by atoms with Gasteiger partial charge in [0, 0.05) is 5.02 Å². The van der Waals surface area contributed by atoms with Crippen LogP contribution in [0, 0.1) is 0 Å². The molecule has 0 aliphatic carbocycles. The number of carbonyl (C=O) groups excluding carboxylic acids is 2. The molecule has 4 N–H and O–H groups in total. The summed E-state index contributed by atoms with van der Waals surface area (Å²) in [5.74, 6) is -1.75. The van der Waals surface area contributed by atoms with Crippen molar-refractivity contribution in [1.29, 1.82) is 0 Å². The van der Waals surface area contributed by atoms with Gasteiger partial charge in [-0.2, -0.15) is 0 Å². The largest absolute Gasteiger partial charge is 0.367 e. The smallest absolute Gasteiger partial charge is 0.262 e. The van der Waals surface area contributed by atoms with Crippen molar-refractivity contribution in [3.05, 3.63) is 34.9 Å². The van der Waals surface area contributed by atoms with E-state index in [1.54, 1.807) is 24.3 Å². The van der Waals surface area contributed by atoms with E-state index in [0.717, 1.165) is 0 Å². The van der Waals surface area contributed by atoms with E-state index < -0.39 is 23.5 Å². The van der Waals surface area contributed by atoms with Crippen LogP contribution in [-0.4, -0.2) is 17.4 Å². The van der Waals surface area contributed by atoms with Crippen LogP contribution in [0.1, 0.15) is 11.7 Å². The van der Waals surface area contributed by atoms with Crippen LogP contribution in [0.3, 0.4) is 0 Å². The van der Waals surface area contributed by atoms with Crippen molar-refractivity contribution in [2.45, 2.75) is 11.7 Å². The fraction of sp³-hybridized carbons (Fsp3) is 0.200. The van der Waals surface area contributed by atoms with Gasteiger partial charge in [0.1, 0.15) is 6.10 Å². The summed E-state index contributed by atoms with van der Waals surface area (Å²) in [6.45, 7) is 0. The zero-order valence-electron chi connectivity index (χ0n) is 8.14. The maximum atomic E-state index is 11.1. The molecule has 1 fully saturated rings. The maximum Gasteiger partial charge on any atom is 0.262 e. The molecule has 0 aromatic heterocycles. The zero-order chi connectivity index (χ0) is 11.9. The van der Waals surface area contributed by atoms with Gasteiger partial charge in [-0.3, -0.25) is 9.59 Å². The van der Waals surface area contributed by atoms with Gasteiger partial charge >= 0.3 is 0 Å². The molecule has 16 heavy (non-hydrogen) atoms. The van der Waals surface area contributed by atoms with Gasteiger partial charge in [0.05, 0.1) is 0 Å². The first-order valence-electron chi connectivity index (χ1n) is 4.51. The van der Waals surface area contributed by atoms with Gasteiger partial charge in [0.15, 0.2) is 0 Å². The fourth-order valence-corrected chi connectivity index (χ4v) is 1.71. The van der Waals surface area contributed by atoms with Gasteiger partial charge in [-0.1, -0.05) is 23.7 Å². The van der Waals surface area contributed by atoms with E-state index in [1.165, 1.54) is 0 Å². The minimum Gasteiger partial charge on any atom is -0.367 e. The molecule has 1 aliphatic heterocycles. The molecule has 1 aromatic rings. The van der Waals surface area contributed by atoms with Gasteiger partial charge in [0.25, 0.3) is 17.4 Å². The van der Waals surface area contributed by atoms with E-state index in [0.29, 0.717) is 10.6 Å². The van der Waals surface area contributed by atoms with Gasteiger partial charge in [-0.15, -0.1) is 0 Å². The van der Waals surface area contributed by atoms with Crippen LogP contribution >= 0.6 is 11.6 Å². The highest BCUT2D eigenvalue weighted by atomic mass is 35.5. The number of epoxide rings is 1. The number of rotatable bonds is 3. The molecule has 1 heterocycles. The van der Waals surface area contributed by atoms with Gasteiger partial charge in [-0.05, 0) is 17.7 Å². The summed E-state index contributed by atoms with van der Waals surface area (Å²) in [5.41, 5.74) is 9.14. The SMILES string of the molecule is NC(=O)C1(C(N)=O)OC1c1ccc(Cl)cc1. The lowest BCUT2D eigenvalue weighted by Crippen LogP contribution is -2.44. The minimum atomic E-state index is -1.70. The van der Waals surface area contributed by atoms with Crippen LogP contribution in [0.2, 0.25) is 5.02 Å². The fourth-order valence-electron chi connectivity index (χ4n) is 1.59. The Morgan fingerprint density at radius 3 is 2.06 bits per heavy atom. The Bertz CT molecular complexity index is 444. The number of nitrogens with two attached hydrogens (primary N) is 2. The molecule has 0 saturated carbocycles.